The van der Waals surface area contributed by atoms with Gasteiger partial charge in [-0.05, 0) is 26.5 Å². The molecule has 18 heavy (non-hydrogen) atoms. The van der Waals surface area contributed by atoms with Gasteiger partial charge in [-0.2, -0.15) is 11.8 Å². The van der Waals surface area contributed by atoms with Gasteiger partial charge in [-0.25, -0.2) is 4.98 Å². The molecule has 1 aromatic heterocycles. The number of thioether (sulfide) groups is 1. The van der Waals surface area contributed by atoms with Crippen molar-refractivity contribution in [3.05, 3.63) is 11.9 Å². The fraction of sp³-hybridized carbons (Fsp3) is 0.769. The molecule has 0 aliphatic carbocycles. The molecule has 0 radical (unpaired) electrons. The van der Waals surface area contributed by atoms with Crippen molar-refractivity contribution >= 4 is 17.7 Å². The van der Waals surface area contributed by atoms with Gasteiger partial charge in [0.1, 0.15) is 0 Å². The third kappa shape index (κ3) is 4.53. The number of aromatic nitrogens is 2. The smallest absolute Gasteiger partial charge is 0.203 e. The predicted molar refractivity (Wildman–Crippen MR) is 79.6 cm³/mol. The maximum atomic E-state index is 5.21. The Bertz CT molecular complexity index is 354. The van der Waals surface area contributed by atoms with Crippen LogP contribution < -0.4 is 5.32 Å². The Morgan fingerprint density at radius 1 is 1.50 bits per heavy atom. The average Bonchev–Trinajstić information content (AvgIpc) is 2.68. The lowest BCUT2D eigenvalue weighted by Gasteiger charge is -2.19. The Kier molecular flexibility index (Phi) is 6.57. The van der Waals surface area contributed by atoms with Crippen LogP contribution >= 0.6 is 11.8 Å². The number of rotatable bonds is 8. The Morgan fingerprint density at radius 3 is 2.83 bits per heavy atom. The Hall–Kier alpha value is -0.680. The van der Waals surface area contributed by atoms with E-state index < -0.39 is 0 Å². The molecule has 1 N–H and O–H groups in total. The normalized spacial score (nSPS) is 14.5. The van der Waals surface area contributed by atoms with Gasteiger partial charge in [0.05, 0.1) is 18.3 Å². The van der Waals surface area contributed by atoms with Crippen molar-refractivity contribution in [2.24, 2.45) is 0 Å². The molecule has 1 rings (SSSR count). The molecule has 0 saturated heterocycles. The van der Waals surface area contributed by atoms with Crippen LogP contribution in [0.15, 0.2) is 6.20 Å². The number of methoxy groups -OCH3 is 1. The highest BCUT2D eigenvalue weighted by Gasteiger charge is 2.13. The van der Waals surface area contributed by atoms with Crippen molar-refractivity contribution in [2.45, 2.75) is 39.8 Å². The van der Waals surface area contributed by atoms with Crippen LogP contribution in [0.1, 0.15) is 32.5 Å². The summed E-state index contributed by atoms with van der Waals surface area (Å²) in [5, 5.41) is 3.48. The van der Waals surface area contributed by atoms with Crippen LogP contribution in [-0.4, -0.2) is 40.8 Å². The molecule has 2 atom stereocenters. The number of hydrogen-bond acceptors (Lipinski definition) is 4. The first-order valence-electron chi connectivity index (χ1n) is 6.47. The zero-order valence-corrected chi connectivity index (χ0v) is 12.9. The van der Waals surface area contributed by atoms with E-state index in [-0.39, 0.29) is 0 Å². The lowest BCUT2D eigenvalue weighted by molar-refractivity contribution is 0.163. The molecule has 2 unspecified atom stereocenters. The largest absolute Gasteiger partial charge is 0.383 e. The van der Waals surface area contributed by atoms with Crippen LogP contribution in [0.25, 0.3) is 0 Å². The van der Waals surface area contributed by atoms with E-state index in [9.17, 15) is 0 Å². The van der Waals surface area contributed by atoms with E-state index in [4.69, 9.17) is 4.74 Å². The minimum atomic E-state index is 0.296. The number of anilines is 1. The van der Waals surface area contributed by atoms with Crippen molar-refractivity contribution in [1.82, 2.24) is 9.55 Å². The highest BCUT2D eigenvalue weighted by Crippen LogP contribution is 2.17. The molecule has 0 spiro atoms. The molecule has 5 heteroatoms. The van der Waals surface area contributed by atoms with E-state index >= 15 is 0 Å². The molecule has 0 aliphatic heterocycles. The highest BCUT2D eigenvalue weighted by molar-refractivity contribution is 7.99. The van der Waals surface area contributed by atoms with Crippen LogP contribution in [0, 0.1) is 6.92 Å². The van der Waals surface area contributed by atoms with Crippen molar-refractivity contribution in [3.63, 3.8) is 0 Å². The predicted octanol–water partition coefficient (Wildman–Crippen LogP) is 2.95. The van der Waals surface area contributed by atoms with Gasteiger partial charge in [-0.3, -0.25) is 0 Å². The maximum Gasteiger partial charge on any atom is 0.203 e. The molecule has 0 saturated carbocycles. The molecular weight excluding hydrogens is 246 g/mol. The second-order valence-electron chi connectivity index (χ2n) is 4.62. The van der Waals surface area contributed by atoms with Gasteiger partial charge in [0, 0.05) is 25.1 Å². The maximum absolute atomic E-state index is 5.21. The van der Waals surface area contributed by atoms with Gasteiger partial charge < -0.3 is 14.6 Å². The van der Waals surface area contributed by atoms with Gasteiger partial charge in [0.15, 0.2) is 0 Å². The SMILES string of the molecule is CCSCC(C)Nc1nc(C)cn1C(C)COC. The van der Waals surface area contributed by atoms with E-state index in [1.807, 2.05) is 18.7 Å². The summed E-state index contributed by atoms with van der Waals surface area (Å²) in [6.07, 6.45) is 2.08. The Balaban J connectivity index is 2.69. The number of aryl methyl sites for hydroxylation is 1. The van der Waals surface area contributed by atoms with E-state index in [0.717, 1.165) is 23.1 Å². The summed E-state index contributed by atoms with van der Waals surface area (Å²) in [6.45, 7) is 9.23. The van der Waals surface area contributed by atoms with Crippen molar-refractivity contribution in [1.29, 1.82) is 0 Å². The molecule has 104 valence electrons. The van der Waals surface area contributed by atoms with E-state index in [1.165, 1.54) is 0 Å². The molecule has 0 aromatic carbocycles. The van der Waals surface area contributed by atoms with Crippen molar-refractivity contribution in [3.8, 4) is 0 Å². The van der Waals surface area contributed by atoms with Gasteiger partial charge in [0.2, 0.25) is 5.95 Å². The van der Waals surface area contributed by atoms with Crippen LogP contribution in [0.5, 0.6) is 0 Å². The van der Waals surface area contributed by atoms with E-state index in [1.54, 1.807) is 7.11 Å². The van der Waals surface area contributed by atoms with Crippen LogP contribution in [0.4, 0.5) is 5.95 Å². The van der Waals surface area contributed by atoms with E-state index in [0.29, 0.717) is 18.7 Å². The molecule has 0 fully saturated rings. The fourth-order valence-corrected chi connectivity index (χ4v) is 2.51. The number of nitrogens with zero attached hydrogens (tertiary/aromatic N) is 2. The monoisotopic (exact) mass is 271 g/mol. The fourth-order valence-electron chi connectivity index (χ4n) is 1.84. The number of nitrogens with one attached hydrogen (secondary N) is 1. The molecular formula is C13H25N3OS. The minimum absolute atomic E-state index is 0.296. The van der Waals surface area contributed by atoms with Gasteiger partial charge in [-0.1, -0.05) is 6.92 Å². The summed E-state index contributed by atoms with van der Waals surface area (Å²) in [4.78, 5) is 4.55. The zero-order valence-electron chi connectivity index (χ0n) is 12.1. The minimum Gasteiger partial charge on any atom is -0.383 e. The number of ether oxygens (including phenoxy) is 1. The molecule has 1 aromatic rings. The first-order chi connectivity index (χ1) is 8.58. The molecule has 4 nitrogen and oxygen atoms in total. The lowest BCUT2D eigenvalue weighted by Crippen LogP contribution is -2.22. The van der Waals surface area contributed by atoms with Crippen LogP contribution in [0.3, 0.4) is 0 Å². The molecule has 0 bridgehead atoms. The molecule has 0 amide bonds. The van der Waals surface area contributed by atoms with Gasteiger partial charge in [-0.15, -0.1) is 0 Å². The first-order valence-corrected chi connectivity index (χ1v) is 7.62. The zero-order chi connectivity index (χ0) is 13.5. The first kappa shape index (κ1) is 15.4. The van der Waals surface area contributed by atoms with E-state index in [2.05, 4.69) is 41.8 Å². The third-order valence-electron chi connectivity index (χ3n) is 2.68. The molecule has 0 aliphatic rings. The summed E-state index contributed by atoms with van der Waals surface area (Å²) >= 11 is 1.94. The van der Waals surface area contributed by atoms with Crippen LogP contribution in [0.2, 0.25) is 0 Å². The van der Waals surface area contributed by atoms with Gasteiger partial charge >= 0.3 is 0 Å². The van der Waals surface area contributed by atoms with Crippen molar-refractivity contribution < 1.29 is 4.74 Å². The summed E-state index contributed by atoms with van der Waals surface area (Å²) in [5.41, 5.74) is 1.04. The van der Waals surface area contributed by atoms with Crippen LogP contribution in [-0.2, 0) is 4.74 Å². The Labute approximate surface area is 115 Å². The average molecular weight is 271 g/mol. The summed E-state index contributed by atoms with van der Waals surface area (Å²) < 4.78 is 7.37. The number of imidazole rings is 1. The second-order valence-corrected chi connectivity index (χ2v) is 5.94. The van der Waals surface area contributed by atoms with Gasteiger partial charge in [0.25, 0.3) is 0 Å². The number of hydrogen-bond donors (Lipinski definition) is 1. The second kappa shape index (κ2) is 7.69. The summed E-state index contributed by atoms with van der Waals surface area (Å²) in [7, 11) is 1.73. The summed E-state index contributed by atoms with van der Waals surface area (Å²) in [5.74, 6) is 3.20. The quantitative estimate of drug-likeness (QED) is 0.789. The Morgan fingerprint density at radius 2 is 2.22 bits per heavy atom. The highest BCUT2D eigenvalue weighted by atomic mass is 32.2. The standard InChI is InChI=1S/C13H25N3OS/c1-6-18-9-11(3)15-13-14-10(2)7-16(13)12(4)8-17-5/h7,11-12H,6,8-9H2,1-5H3,(H,14,15). The topological polar surface area (TPSA) is 39.1 Å². The lowest BCUT2D eigenvalue weighted by atomic mass is 10.3. The third-order valence-corrected chi connectivity index (χ3v) is 3.83. The summed E-state index contributed by atoms with van der Waals surface area (Å²) in [6, 6.07) is 0.718. The van der Waals surface area contributed by atoms with Crippen molar-refractivity contribution in [2.75, 3.05) is 30.5 Å². The molecule has 1 heterocycles.